The molecule has 0 unspecified atom stereocenters. The molecular weight excluding hydrogens is 162 g/mol. The van der Waals surface area contributed by atoms with E-state index in [9.17, 15) is 0 Å². The molecule has 0 aliphatic rings. The molecule has 1 aromatic carbocycles. The van der Waals surface area contributed by atoms with Gasteiger partial charge in [0.15, 0.2) is 0 Å². The molecule has 2 nitrogen and oxygen atoms in total. The molecule has 1 rings (SSSR count). The molecule has 1 N–H and O–H groups in total. The average molecular weight is 177 g/mol. The van der Waals surface area contributed by atoms with E-state index in [0.29, 0.717) is 18.2 Å². The molecule has 13 heavy (non-hydrogen) atoms. The lowest BCUT2D eigenvalue weighted by Crippen LogP contribution is -1.88. The zero-order chi connectivity index (χ0) is 9.68. The van der Waals surface area contributed by atoms with Gasteiger partial charge < -0.3 is 5.11 Å². The van der Waals surface area contributed by atoms with Crippen LogP contribution in [0.4, 0.5) is 0 Å². The molecule has 0 aliphatic heterocycles. The summed E-state index contributed by atoms with van der Waals surface area (Å²) in [5.41, 5.74) is 1.12. The van der Waals surface area contributed by atoms with Crippen molar-refractivity contribution in [3.05, 3.63) is 29.8 Å². The maximum absolute atomic E-state index is 9.03. The summed E-state index contributed by atoms with van der Waals surface area (Å²) in [5.74, 6) is 0.800. The Hall–Kier alpha value is -1.31. The van der Waals surface area contributed by atoms with Gasteiger partial charge in [-0.15, -0.1) is 0 Å². The third-order valence-corrected chi connectivity index (χ3v) is 1.61. The van der Waals surface area contributed by atoms with E-state index >= 15 is 0 Å². The van der Waals surface area contributed by atoms with Crippen molar-refractivity contribution < 1.29 is 5.11 Å². The van der Waals surface area contributed by atoms with E-state index < -0.39 is 0 Å². The summed E-state index contributed by atoms with van der Waals surface area (Å²) in [5, 5.41) is 9.03. The average Bonchev–Trinajstić information content (AvgIpc) is 2.08. The zero-order valence-corrected chi connectivity index (χ0v) is 8.07. The van der Waals surface area contributed by atoms with Gasteiger partial charge in [-0.2, -0.15) is 0 Å². The summed E-state index contributed by atoms with van der Waals surface area (Å²) < 4.78 is 0. The summed E-state index contributed by atoms with van der Waals surface area (Å²) in [7, 11) is 0. The van der Waals surface area contributed by atoms with Crippen molar-refractivity contribution in [3.63, 3.8) is 0 Å². The molecule has 0 saturated heterocycles. The number of aromatic hydroxyl groups is 1. The highest BCUT2D eigenvalue weighted by Crippen LogP contribution is 2.10. The van der Waals surface area contributed by atoms with Crippen LogP contribution in [0, 0.1) is 5.92 Å². The maximum Gasteiger partial charge on any atom is 0.115 e. The van der Waals surface area contributed by atoms with E-state index in [0.717, 1.165) is 5.56 Å². The van der Waals surface area contributed by atoms with Gasteiger partial charge in [-0.3, -0.25) is 4.99 Å². The molecule has 0 atom stereocenters. The van der Waals surface area contributed by atoms with Crippen LogP contribution in [0.15, 0.2) is 29.3 Å². The molecule has 0 amide bonds. The van der Waals surface area contributed by atoms with Crippen molar-refractivity contribution in [1.29, 1.82) is 0 Å². The van der Waals surface area contributed by atoms with Gasteiger partial charge in [-0.1, -0.05) is 26.0 Å². The number of hydrogen-bond acceptors (Lipinski definition) is 2. The minimum absolute atomic E-state index is 0.302. The Morgan fingerprint density at radius 3 is 2.46 bits per heavy atom. The SMILES string of the molecule is CC(C)C=NCc1ccc(O)cc1. The third-order valence-electron chi connectivity index (χ3n) is 1.61. The van der Waals surface area contributed by atoms with Gasteiger partial charge in [0.1, 0.15) is 5.75 Å². The summed E-state index contributed by atoms with van der Waals surface area (Å²) in [4.78, 5) is 4.26. The highest BCUT2D eigenvalue weighted by atomic mass is 16.3. The molecule has 0 radical (unpaired) electrons. The molecule has 0 saturated carbocycles. The number of benzene rings is 1. The van der Waals surface area contributed by atoms with Gasteiger partial charge in [-0.05, 0) is 23.6 Å². The van der Waals surface area contributed by atoms with Crippen LogP contribution in [0.2, 0.25) is 0 Å². The fraction of sp³-hybridized carbons (Fsp3) is 0.364. The third kappa shape index (κ3) is 3.74. The largest absolute Gasteiger partial charge is 0.508 e. The topological polar surface area (TPSA) is 32.6 Å². The van der Waals surface area contributed by atoms with Crippen molar-refractivity contribution in [3.8, 4) is 5.75 Å². The second-order valence-electron chi connectivity index (χ2n) is 3.40. The standard InChI is InChI=1S/C11H15NO/c1-9(2)7-12-8-10-3-5-11(13)6-4-10/h3-7,9,13H,8H2,1-2H3. The molecule has 0 spiro atoms. The van der Waals surface area contributed by atoms with Crippen molar-refractivity contribution in [2.24, 2.45) is 10.9 Å². The Morgan fingerprint density at radius 2 is 1.92 bits per heavy atom. The molecule has 0 bridgehead atoms. The van der Waals surface area contributed by atoms with E-state index in [1.807, 2.05) is 18.3 Å². The van der Waals surface area contributed by atoms with Gasteiger partial charge in [0, 0.05) is 6.21 Å². The minimum Gasteiger partial charge on any atom is -0.508 e. The Balaban J connectivity index is 2.50. The predicted molar refractivity (Wildman–Crippen MR) is 55.1 cm³/mol. The van der Waals surface area contributed by atoms with Crippen LogP contribution in [0.25, 0.3) is 0 Å². The van der Waals surface area contributed by atoms with E-state index in [4.69, 9.17) is 5.11 Å². The second kappa shape index (κ2) is 4.65. The molecule has 2 heteroatoms. The van der Waals surface area contributed by atoms with Crippen LogP contribution in [0.1, 0.15) is 19.4 Å². The van der Waals surface area contributed by atoms with Crippen molar-refractivity contribution in [2.45, 2.75) is 20.4 Å². The first-order valence-corrected chi connectivity index (χ1v) is 4.46. The highest BCUT2D eigenvalue weighted by molar-refractivity contribution is 5.59. The molecule has 0 aromatic heterocycles. The minimum atomic E-state index is 0.302. The summed E-state index contributed by atoms with van der Waals surface area (Å²) in [6.45, 7) is 4.89. The van der Waals surface area contributed by atoms with Crippen LogP contribution in [0.5, 0.6) is 5.75 Å². The predicted octanol–water partition coefficient (Wildman–Crippen LogP) is 2.62. The molecule has 1 aromatic rings. The Bertz CT molecular complexity index is 275. The summed E-state index contributed by atoms with van der Waals surface area (Å²) in [6.07, 6.45) is 1.94. The number of phenolic OH excluding ortho intramolecular Hbond substituents is 1. The highest BCUT2D eigenvalue weighted by Gasteiger charge is 1.90. The number of rotatable bonds is 3. The number of aliphatic imine (C=N–C) groups is 1. The second-order valence-corrected chi connectivity index (χ2v) is 3.40. The molecular formula is C11H15NO. The fourth-order valence-electron chi connectivity index (χ4n) is 0.970. The molecule has 0 heterocycles. The van der Waals surface area contributed by atoms with Crippen molar-refractivity contribution in [1.82, 2.24) is 0 Å². The first kappa shape index (κ1) is 9.78. The molecule has 0 aliphatic carbocycles. The zero-order valence-electron chi connectivity index (χ0n) is 8.07. The summed E-state index contributed by atoms with van der Waals surface area (Å²) in [6, 6.07) is 7.13. The van der Waals surface area contributed by atoms with Gasteiger partial charge >= 0.3 is 0 Å². The van der Waals surface area contributed by atoms with Crippen molar-refractivity contribution >= 4 is 6.21 Å². The Morgan fingerprint density at radius 1 is 1.31 bits per heavy atom. The lowest BCUT2D eigenvalue weighted by atomic mass is 10.2. The van der Waals surface area contributed by atoms with Crippen LogP contribution >= 0.6 is 0 Å². The Kier molecular flexibility index (Phi) is 3.50. The maximum atomic E-state index is 9.03. The van der Waals surface area contributed by atoms with Gasteiger partial charge in [0.2, 0.25) is 0 Å². The fourth-order valence-corrected chi connectivity index (χ4v) is 0.970. The quantitative estimate of drug-likeness (QED) is 0.707. The number of phenols is 1. The molecule has 70 valence electrons. The van der Waals surface area contributed by atoms with E-state index in [1.54, 1.807) is 12.1 Å². The van der Waals surface area contributed by atoms with E-state index in [2.05, 4.69) is 18.8 Å². The first-order chi connectivity index (χ1) is 6.18. The monoisotopic (exact) mass is 177 g/mol. The van der Waals surface area contributed by atoms with Crippen LogP contribution in [0.3, 0.4) is 0 Å². The summed E-state index contributed by atoms with van der Waals surface area (Å²) >= 11 is 0. The van der Waals surface area contributed by atoms with Crippen LogP contribution < -0.4 is 0 Å². The number of hydrogen-bond donors (Lipinski definition) is 1. The smallest absolute Gasteiger partial charge is 0.115 e. The van der Waals surface area contributed by atoms with Crippen LogP contribution in [-0.4, -0.2) is 11.3 Å². The normalized spacial score (nSPS) is 11.3. The van der Waals surface area contributed by atoms with Gasteiger partial charge in [-0.25, -0.2) is 0 Å². The van der Waals surface area contributed by atoms with Gasteiger partial charge in [0.05, 0.1) is 6.54 Å². The Labute approximate surface area is 78.9 Å². The van der Waals surface area contributed by atoms with E-state index in [1.165, 1.54) is 0 Å². The lowest BCUT2D eigenvalue weighted by Gasteiger charge is -1.97. The number of nitrogens with zero attached hydrogens (tertiary/aromatic N) is 1. The first-order valence-electron chi connectivity index (χ1n) is 4.46. The molecule has 0 fully saturated rings. The van der Waals surface area contributed by atoms with Crippen molar-refractivity contribution in [2.75, 3.05) is 0 Å². The lowest BCUT2D eigenvalue weighted by molar-refractivity contribution is 0.475. The van der Waals surface area contributed by atoms with Gasteiger partial charge in [0.25, 0.3) is 0 Å². The van der Waals surface area contributed by atoms with E-state index in [-0.39, 0.29) is 0 Å². The van der Waals surface area contributed by atoms with Crippen LogP contribution in [-0.2, 0) is 6.54 Å².